The second-order valence-electron chi connectivity index (χ2n) is 5.23. The third kappa shape index (κ3) is 2.21. The average Bonchev–Trinajstić information content (AvgIpc) is 1.86. The standard InChI is InChI=1S/C11H22/c1-9-7-5-6-8-10(9)11(2,3)4/h9-10H,5-8H2,1-4H3. The quantitative estimate of drug-likeness (QED) is 0.497. The lowest BCUT2D eigenvalue weighted by atomic mass is 9.67. The summed E-state index contributed by atoms with van der Waals surface area (Å²) in [5.41, 5.74) is 0.542. The summed E-state index contributed by atoms with van der Waals surface area (Å²) in [6.45, 7) is 9.59. The molecule has 0 N–H and O–H groups in total. The van der Waals surface area contributed by atoms with Crippen molar-refractivity contribution in [2.24, 2.45) is 17.3 Å². The zero-order valence-electron chi connectivity index (χ0n) is 8.48. The minimum absolute atomic E-state index is 0.542. The molecule has 0 nitrogen and oxygen atoms in total. The van der Waals surface area contributed by atoms with Gasteiger partial charge in [0.25, 0.3) is 0 Å². The summed E-state index contributed by atoms with van der Waals surface area (Å²) >= 11 is 0. The molecule has 11 heavy (non-hydrogen) atoms. The van der Waals surface area contributed by atoms with E-state index in [0.717, 1.165) is 11.8 Å². The Kier molecular flexibility index (Phi) is 2.61. The minimum atomic E-state index is 0.542. The lowest BCUT2D eigenvalue weighted by Gasteiger charge is -2.38. The van der Waals surface area contributed by atoms with E-state index in [-0.39, 0.29) is 0 Å². The van der Waals surface area contributed by atoms with Crippen molar-refractivity contribution < 1.29 is 0 Å². The van der Waals surface area contributed by atoms with Gasteiger partial charge in [-0.1, -0.05) is 47.0 Å². The molecule has 0 aromatic heterocycles. The summed E-state index contributed by atoms with van der Waals surface area (Å²) < 4.78 is 0. The zero-order chi connectivity index (χ0) is 8.48. The first kappa shape index (κ1) is 9.09. The molecule has 1 aliphatic carbocycles. The summed E-state index contributed by atoms with van der Waals surface area (Å²) in [4.78, 5) is 0. The van der Waals surface area contributed by atoms with E-state index >= 15 is 0 Å². The van der Waals surface area contributed by atoms with Gasteiger partial charge in [0.05, 0.1) is 0 Å². The lowest BCUT2D eigenvalue weighted by molar-refractivity contribution is 0.119. The third-order valence-electron chi connectivity index (χ3n) is 3.22. The van der Waals surface area contributed by atoms with Crippen LogP contribution in [0.15, 0.2) is 0 Å². The van der Waals surface area contributed by atoms with Crippen molar-refractivity contribution in [3.8, 4) is 0 Å². The first-order chi connectivity index (χ1) is 5.02. The first-order valence-electron chi connectivity index (χ1n) is 5.02. The molecule has 1 rings (SSSR count). The molecule has 0 radical (unpaired) electrons. The van der Waals surface area contributed by atoms with Crippen LogP contribution in [0.2, 0.25) is 0 Å². The maximum Gasteiger partial charge on any atom is -0.0340 e. The Morgan fingerprint density at radius 3 is 1.91 bits per heavy atom. The Bertz CT molecular complexity index is 118. The van der Waals surface area contributed by atoms with Crippen molar-refractivity contribution in [2.45, 2.75) is 53.4 Å². The molecule has 0 spiro atoms. The molecule has 0 aromatic carbocycles. The molecule has 1 aliphatic rings. The van der Waals surface area contributed by atoms with Crippen LogP contribution in [0.25, 0.3) is 0 Å². The molecular formula is C11H22. The molecule has 0 aromatic rings. The lowest BCUT2D eigenvalue weighted by Crippen LogP contribution is -2.29. The molecule has 66 valence electrons. The van der Waals surface area contributed by atoms with Crippen LogP contribution in [0.3, 0.4) is 0 Å². The van der Waals surface area contributed by atoms with E-state index in [0.29, 0.717) is 5.41 Å². The van der Waals surface area contributed by atoms with E-state index in [2.05, 4.69) is 27.7 Å². The van der Waals surface area contributed by atoms with E-state index in [1.54, 1.807) is 0 Å². The highest BCUT2D eigenvalue weighted by atomic mass is 14.4. The van der Waals surface area contributed by atoms with Crippen LogP contribution in [0.5, 0.6) is 0 Å². The topological polar surface area (TPSA) is 0 Å². The Labute approximate surface area is 71.4 Å². The molecule has 0 heteroatoms. The van der Waals surface area contributed by atoms with Gasteiger partial charge in [-0.15, -0.1) is 0 Å². The van der Waals surface area contributed by atoms with Crippen molar-refractivity contribution in [3.63, 3.8) is 0 Å². The summed E-state index contributed by atoms with van der Waals surface area (Å²) in [5.74, 6) is 1.93. The van der Waals surface area contributed by atoms with E-state index in [1.807, 2.05) is 0 Å². The normalized spacial score (nSPS) is 33.8. The fourth-order valence-electron chi connectivity index (χ4n) is 2.60. The van der Waals surface area contributed by atoms with E-state index in [4.69, 9.17) is 0 Å². The monoisotopic (exact) mass is 154 g/mol. The molecule has 0 saturated heterocycles. The molecule has 0 bridgehead atoms. The van der Waals surface area contributed by atoms with Crippen LogP contribution in [-0.2, 0) is 0 Å². The fraction of sp³-hybridized carbons (Fsp3) is 1.00. The van der Waals surface area contributed by atoms with Crippen LogP contribution in [-0.4, -0.2) is 0 Å². The Morgan fingerprint density at radius 2 is 1.55 bits per heavy atom. The van der Waals surface area contributed by atoms with Gasteiger partial charge >= 0.3 is 0 Å². The first-order valence-corrected chi connectivity index (χ1v) is 5.02. The zero-order valence-corrected chi connectivity index (χ0v) is 8.48. The molecule has 1 saturated carbocycles. The summed E-state index contributed by atoms with van der Waals surface area (Å²) in [6.07, 6.45) is 5.85. The van der Waals surface area contributed by atoms with Gasteiger partial charge in [0.2, 0.25) is 0 Å². The SMILES string of the molecule is CC1CCCCC1C(C)(C)C. The predicted octanol–water partition coefficient (Wildman–Crippen LogP) is 3.86. The van der Waals surface area contributed by atoms with Crippen molar-refractivity contribution >= 4 is 0 Å². The van der Waals surface area contributed by atoms with Gasteiger partial charge in [0.15, 0.2) is 0 Å². The van der Waals surface area contributed by atoms with E-state index in [1.165, 1.54) is 25.7 Å². The molecule has 0 aliphatic heterocycles. The van der Waals surface area contributed by atoms with Crippen molar-refractivity contribution in [1.82, 2.24) is 0 Å². The molecule has 2 atom stereocenters. The van der Waals surface area contributed by atoms with Crippen LogP contribution >= 0.6 is 0 Å². The van der Waals surface area contributed by atoms with Gasteiger partial charge in [-0.05, 0) is 23.7 Å². The number of hydrogen-bond acceptors (Lipinski definition) is 0. The van der Waals surface area contributed by atoms with E-state index in [9.17, 15) is 0 Å². The van der Waals surface area contributed by atoms with Crippen LogP contribution < -0.4 is 0 Å². The highest BCUT2D eigenvalue weighted by Crippen LogP contribution is 2.41. The van der Waals surface area contributed by atoms with Gasteiger partial charge in [-0.25, -0.2) is 0 Å². The van der Waals surface area contributed by atoms with Gasteiger partial charge in [-0.3, -0.25) is 0 Å². The largest absolute Gasteiger partial charge is 0.0622 e. The second-order valence-corrected chi connectivity index (χ2v) is 5.23. The van der Waals surface area contributed by atoms with Gasteiger partial charge in [-0.2, -0.15) is 0 Å². The maximum absolute atomic E-state index is 2.43. The summed E-state index contributed by atoms with van der Waals surface area (Å²) in [7, 11) is 0. The highest BCUT2D eigenvalue weighted by Gasteiger charge is 2.30. The third-order valence-corrected chi connectivity index (χ3v) is 3.22. The Balaban J connectivity index is 2.55. The molecule has 2 unspecified atom stereocenters. The molecule has 0 amide bonds. The second kappa shape index (κ2) is 3.16. The number of hydrogen-bond donors (Lipinski definition) is 0. The average molecular weight is 154 g/mol. The van der Waals surface area contributed by atoms with Crippen molar-refractivity contribution in [3.05, 3.63) is 0 Å². The van der Waals surface area contributed by atoms with E-state index < -0.39 is 0 Å². The smallest absolute Gasteiger partial charge is 0.0340 e. The van der Waals surface area contributed by atoms with Gasteiger partial charge < -0.3 is 0 Å². The van der Waals surface area contributed by atoms with Crippen molar-refractivity contribution in [1.29, 1.82) is 0 Å². The fourth-order valence-corrected chi connectivity index (χ4v) is 2.60. The van der Waals surface area contributed by atoms with Gasteiger partial charge in [0, 0.05) is 0 Å². The molecule has 1 fully saturated rings. The number of rotatable bonds is 0. The minimum Gasteiger partial charge on any atom is -0.0622 e. The van der Waals surface area contributed by atoms with Crippen LogP contribution in [0.4, 0.5) is 0 Å². The molecule has 0 heterocycles. The van der Waals surface area contributed by atoms with Crippen molar-refractivity contribution in [2.75, 3.05) is 0 Å². The maximum atomic E-state index is 2.43. The summed E-state index contributed by atoms with van der Waals surface area (Å²) in [6, 6.07) is 0. The van der Waals surface area contributed by atoms with Crippen LogP contribution in [0.1, 0.15) is 53.4 Å². The Morgan fingerprint density at radius 1 is 1.00 bits per heavy atom. The molecular weight excluding hydrogens is 132 g/mol. The van der Waals surface area contributed by atoms with Crippen LogP contribution in [0, 0.1) is 17.3 Å². The summed E-state index contributed by atoms with van der Waals surface area (Å²) in [5, 5.41) is 0. The Hall–Kier alpha value is 0. The predicted molar refractivity (Wildman–Crippen MR) is 50.6 cm³/mol. The van der Waals surface area contributed by atoms with Gasteiger partial charge in [0.1, 0.15) is 0 Å². The highest BCUT2D eigenvalue weighted by molar-refractivity contribution is 4.81.